The van der Waals surface area contributed by atoms with Crippen LogP contribution in [0.15, 0.2) is 72.4 Å². The minimum atomic E-state index is -0.167. The molecule has 2 aromatic heterocycles. The Morgan fingerprint density at radius 1 is 0.882 bits per heavy atom. The van der Waals surface area contributed by atoms with Crippen molar-refractivity contribution in [3.63, 3.8) is 0 Å². The van der Waals surface area contributed by atoms with Crippen LogP contribution in [0.4, 0.5) is 5.69 Å². The zero-order valence-electron chi connectivity index (χ0n) is 18.8. The average Bonchev–Trinajstić information content (AvgIpc) is 3.38. The number of Topliss-reactive ketones (excluding diaryl/α,β-unsaturated/α-hetero) is 1. The summed E-state index contributed by atoms with van der Waals surface area (Å²) in [5.74, 6) is -0.150. The Hall–Kier alpha value is -3.64. The summed E-state index contributed by atoms with van der Waals surface area (Å²) in [5.41, 5.74) is 6.86. The monoisotopic (exact) mass is 467 g/mol. The van der Waals surface area contributed by atoms with Crippen LogP contribution in [0.5, 0.6) is 0 Å². The lowest BCUT2D eigenvalue weighted by Crippen LogP contribution is -2.14. The second kappa shape index (κ2) is 10.1. The molecule has 4 aromatic rings. The minimum Gasteiger partial charge on any atom is -0.326 e. The van der Waals surface area contributed by atoms with E-state index in [-0.39, 0.29) is 24.5 Å². The van der Waals surface area contributed by atoms with Gasteiger partial charge in [0.05, 0.1) is 5.69 Å². The lowest BCUT2D eigenvalue weighted by atomic mass is 9.89. The van der Waals surface area contributed by atoms with Crippen molar-refractivity contribution < 1.29 is 9.59 Å². The van der Waals surface area contributed by atoms with Crippen LogP contribution in [0.2, 0.25) is 0 Å². The van der Waals surface area contributed by atoms with Gasteiger partial charge in [-0.3, -0.25) is 14.6 Å². The highest BCUT2D eigenvalue weighted by Crippen LogP contribution is 2.30. The Balaban J connectivity index is 1.20. The molecule has 2 aromatic carbocycles. The highest BCUT2D eigenvalue weighted by molar-refractivity contribution is 7.13. The van der Waals surface area contributed by atoms with Crippen LogP contribution >= 0.6 is 11.3 Å². The maximum Gasteiger partial charge on any atom is 0.224 e. The van der Waals surface area contributed by atoms with Gasteiger partial charge < -0.3 is 5.32 Å². The molecular weight excluding hydrogens is 442 g/mol. The quantitative estimate of drug-likeness (QED) is 0.321. The standard InChI is InChI=1S/C28H25N3O2S/c32-26(23-9-8-19-4-1-2-5-21(19)16-23)10-11-27(33)30-24-7-3-6-22(17-24)25-18-34-28(31-25)20-12-14-29-15-13-20/h3,6-9,12-18H,1-2,4-5,10-11H2,(H,30,33). The van der Waals surface area contributed by atoms with Crippen LogP contribution in [0.3, 0.4) is 0 Å². The van der Waals surface area contributed by atoms with E-state index < -0.39 is 0 Å². The second-order valence-corrected chi connectivity index (χ2v) is 9.37. The molecule has 6 heteroatoms. The van der Waals surface area contributed by atoms with Crippen LogP contribution in [0.1, 0.15) is 47.2 Å². The van der Waals surface area contributed by atoms with Gasteiger partial charge in [-0.1, -0.05) is 24.3 Å². The maximum atomic E-state index is 12.7. The summed E-state index contributed by atoms with van der Waals surface area (Å²) in [6.45, 7) is 0. The molecule has 170 valence electrons. The van der Waals surface area contributed by atoms with E-state index in [1.165, 1.54) is 24.0 Å². The maximum absolute atomic E-state index is 12.7. The fourth-order valence-electron chi connectivity index (χ4n) is 4.29. The molecule has 0 aliphatic heterocycles. The van der Waals surface area contributed by atoms with Gasteiger partial charge in [0.15, 0.2) is 5.78 Å². The van der Waals surface area contributed by atoms with E-state index in [0.717, 1.165) is 34.7 Å². The van der Waals surface area contributed by atoms with Crippen molar-refractivity contribution in [1.82, 2.24) is 9.97 Å². The van der Waals surface area contributed by atoms with Gasteiger partial charge >= 0.3 is 0 Å². The number of nitrogens with zero attached hydrogens (tertiary/aromatic N) is 2. The predicted molar refractivity (Wildman–Crippen MR) is 136 cm³/mol. The zero-order chi connectivity index (χ0) is 23.3. The highest BCUT2D eigenvalue weighted by atomic mass is 32.1. The van der Waals surface area contributed by atoms with E-state index in [0.29, 0.717) is 11.3 Å². The fourth-order valence-corrected chi connectivity index (χ4v) is 5.13. The number of aromatic nitrogens is 2. The number of hydrogen-bond acceptors (Lipinski definition) is 5. The smallest absolute Gasteiger partial charge is 0.224 e. The number of nitrogens with one attached hydrogen (secondary N) is 1. The van der Waals surface area contributed by atoms with E-state index in [1.807, 2.05) is 53.9 Å². The van der Waals surface area contributed by atoms with Crippen molar-refractivity contribution in [2.24, 2.45) is 0 Å². The molecule has 1 aliphatic carbocycles. The zero-order valence-corrected chi connectivity index (χ0v) is 19.6. The average molecular weight is 468 g/mol. The molecule has 1 N–H and O–H groups in total. The van der Waals surface area contributed by atoms with Gasteiger partial charge in [-0.2, -0.15) is 0 Å². The number of carbonyl (C=O) groups is 2. The molecule has 0 spiro atoms. The number of carbonyl (C=O) groups excluding carboxylic acids is 2. The number of aryl methyl sites for hydroxylation is 2. The molecule has 0 saturated heterocycles. The summed E-state index contributed by atoms with van der Waals surface area (Å²) >= 11 is 1.57. The topological polar surface area (TPSA) is 72.0 Å². The van der Waals surface area contributed by atoms with Gasteiger partial charge in [-0.05, 0) is 67.1 Å². The number of rotatable bonds is 7. The summed E-state index contributed by atoms with van der Waals surface area (Å²) in [7, 11) is 0. The van der Waals surface area contributed by atoms with Gasteiger partial charge in [0.1, 0.15) is 5.01 Å². The molecule has 0 unspecified atom stereocenters. The number of thiazole rings is 1. The van der Waals surface area contributed by atoms with Crippen molar-refractivity contribution in [2.45, 2.75) is 38.5 Å². The lowest BCUT2D eigenvalue weighted by Gasteiger charge is -2.16. The van der Waals surface area contributed by atoms with Gasteiger partial charge in [0.2, 0.25) is 5.91 Å². The number of fused-ring (bicyclic) bond motifs is 1. The van der Waals surface area contributed by atoms with E-state index >= 15 is 0 Å². The minimum absolute atomic E-state index is 0.0170. The molecule has 5 nitrogen and oxygen atoms in total. The molecule has 0 radical (unpaired) electrons. The van der Waals surface area contributed by atoms with Crippen LogP contribution < -0.4 is 5.32 Å². The molecule has 2 heterocycles. The molecule has 34 heavy (non-hydrogen) atoms. The number of ketones is 1. The number of amides is 1. The number of anilines is 1. The van der Waals surface area contributed by atoms with Crippen molar-refractivity contribution in [1.29, 1.82) is 0 Å². The molecule has 0 fully saturated rings. The van der Waals surface area contributed by atoms with Gasteiger partial charge in [-0.15, -0.1) is 11.3 Å². The van der Waals surface area contributed by atoms with Crippen LogP contribution in [-0.4, -0.2) is 21.7 Å². The summed E-state index contributed by atoms with van der Waals surface area (Å²) in [6.07, 6.45) is 8.39. The van der Waals surface area contributed by atoms with Gasteiger partial charge in [0, 0.05) is 53.0 Å². The predicted octanol–water partition coefficient (Wildman–Crippen LogP) is 6.35. The van der Waals surface area contributed by atoms with Crippen molar-refractivity contribution in [3.8, 4) is 21.8 Å². The molecule has 0 atom stereocenters. The fraction of sp³-hybridized carbons (Fsp3) is 0.214. The van der Waals surface area contributed by atoms with Gasteiger partial charge in [0.25, 0.3) is 0 Å². The number of hydrogen-bond donors (Lipinski definition) is 1. The first-order valence-corrected chi connectivity index (χ1v) is 12.4. The summed E-state index contributed by atoms with van der Waals surface area (Å²) in [4.78, 5) is 34.0. The van der Waals surface area contributed by atoms with Gasteiger partial charge in [-0.25, -0.2) is 4.98 Å². The van der Waals surface area contributed by atoms with E-state index in [4.69, 9.17) is 4.98 Å². The first-order chi connectivity index (χ1) is 16.7. The molecular formula is C28H25N3O2S. The summed E-state index contributed by atoms with van der Waals surface area (Å²) in [6, 6.07) is 17.5. The third-order valence-corrected chi connectivity index (χ3v) is 7.01. The molecule has 1 aliphatic rings. The third-order valence-electron chi connectivity index (χ3n) is 6.12. The Morgan fingerprint density at radius 2 is 1.71 bits per heavy atom. The second-order valence-electron chi connectivity index (χ2n) is 8.52. The first kappa shape index (κ1) is 22.2. The van der Waals surface area contributed by atoms with E-state index in [1.54, 1.807) is 23.7 Å². The molecule has 0 saturated carbocycles. The third kappa shape index (κ3) is 5.13. The molecule has 0 bridgehead atoms. The van der Waals surface area contributed by atoms with E-state index in [9.17, 15) is 9.59 Å². The van der Waals surface area contributed by atoms with Crippen LogP contribution in [0.25, 0.3) is 21.8 Å². The Bertz CT molecular complexity index is 1330. The Labute approximate surface area is 202 Å². The van der Waals surface area contributed by atoms with Crippen molar-refractivity contribution in [3.05, 3.63) is 89.1 Å². The van der Waals surface area contributed by atoms with Crippen LogP contribution in [0, 0.1) is 0 Å². The first-order valence-electron chi connectivity index (χ1n) is 11.6. The SMILES string of the molecule is O=C(CCC(=O)c1ccc2c(c1)CCCC2)Nc1cccc(-c2csc(-c3ccncc3)n2)c1. The Morgan fingerprint density at radius 3 is 2.56 bits per heavy atom. The highest BCUT2D eigenvalue weighted by Gasteiger charge is 2.15. The van der Waals surface area contributed by atoms with Crippen LogP contribution in [-0.2, 0) is 17.6 Å². The van der Waals surface area contributed by atoms with Crippen molar-refractivity contribution >= 4 is 28.7 Å². The normalized spacial score (nSPS) is 12.7. The number of pyridine rings is 1. The Kier molecular flexibility index (Phi) is 6.58. The summed E-state index contributed by atoms with van der Waals surface area (Å²) in [5, 5.41) is 5.86. The van der Waals surface area contributed by atoms with E-state index in [2.05, 4.69) is 16.4 Å². The molecule has 1 amide bonds. The number of benzene rings is 2. The summed E-state index contributed by atoms with van der Waals surface area (Å²) < 4.78 is 0. The largest absolute Gasteiger partial charge is 0.326 e. The lowest BCUT2D eigenvalue weighted by molar-refractivity contribution is -0.116. The van der Waals surface area contributed by atoms with Crippen molar-refractivity contribution in [2.75, 3.05) is 5.32 Å². The molecule has 5 rings (SSSR count).